The molecule has 1 rings (SSSR count). The number of hydrogen-bond donors (Lipinski definition) is 0. The second-order valence-corrected chi connectivity index (χ2v) is 4.28. The van der Waals surface area contributed by atoms with Crippen LogP contribution in [0.4, 0.5) is 0 Å². The van der Waals surface area contributed by atoms with Crippen molar-refractivity contribution >= 4 is 13.2 Å². The van der Waals surface area contributed by atoms with E-state index in [-0.39, 0.29) is 5.41 Å². The molecule has 0 unspecified atom stereocenters. The summed E-state index contributed by atoms with van der Waals surface area (Å²) in [5.74, 6) is 2.02. The van der Waals surface area contributed by atoms with E-state index in [1.807, 2.05) is 18.1 Å². The summed E-state index contributed by atoms with van der Waals surface area (Å²) in [6, 6.07) is 4.00. The van der Waals surface area contributed by atoms with E-state index in [4.69, 9.17) is 0 Å². The predicted molar refractivity (Wildman–Crippen MR) is 56.3 cm³/mol. The first-order chi connectivity index (χ1) is 6.05. The Hall–Kier alpha value is -0.915. The van der Waals surface area contributed by atoms with E-state index in [0.717, 1.165) is 11.8 Å². The Balaban J connectivity index is 3.11. The summed E-state index contributed by atoms with van der Waals surface area (Å²) < 4.78 is 0. The van der Waals surface area contributed by atoms with Gasteiger partial charge in [0.2, 0.25) is 0 Å². The first-order valence-electron chi connectivity index (χ1n) is 4.57. The average molecular weight is 174 g/mol. The Bertz CT molecular complexity index is 299. The van der Waals surface area contributed by atoms with Crippen molar-refractivity contribution in [2.75, 3.05) is 0 Å². The Kier molecular flexibility index (Phi) is 3.02. The Labute approximate surface area is 80.4 Å². The van der Waals surface area contributed by atoms with Crippen LogP contribution in [-0.2, 0) is 16.6 Å². The monoisotopic (exact) mass is 174 g/mol. The van der Waals surface area contributed by atoms with Gasteiger partial charge in [-0.15, -0.1) is 0 Å². The van der Waals surface area contributed by atoms with Gasteiger partial charge in [0.15, 0.2) is 0 Å². The molecule has 0 fully saturated rings. The van der Waals surface area contributed by atoms with E-state index in [0.29, 0.717) is 6.42 Å². The van der Waals surface area contributed by atoms with Gasteiger partial charge in [0.1, 0.15) is 0 Å². The summed E-state index contributed by atoms with van der Waals surface area (Å²) in [7, 11) is 0. The van der Waals surface area contributed by atoms with Crippen molar-refractivity contribution in [3.8, 4) is 0 Å². The summed E-state index contributed by atoms with van der Waals surface area (Å²) in [6.07, 6.45) is 1.48. The predicted octanol–water partition coefficient (Wildman–Crippen LogP) is 2.06. The summed E-state index contributed by atoms with van der Waals surface area (Å²) >= 11 is 0. The average Bonchev–Trinajstić information content (AvgIpc) is 2.04. The molecule has 1 aromatic rings. The second kappa shape index (κ2) is 3.86. The molecule has 0 radical (unpaired) electrons. The molecule has 0 atom stereocenters. The molecule has 13 heavy (non-hydrogen) atoms. The number of aldehydes is 1. The molecular weight excluding hydrogens is 159 g/mol. The van der Waals surface area contributed by atoms with Gasteiger partial charge in [-0.05, 0) is 0 Å². The van der Waals surface area contributed by atoms with Gasteiger partial charge < -0.3 is 0 Å². The van der Waals surface area contributed by atoms with Gasteiger partial charge in [-0.3, -0.25) is 0 Å². The maximum absolute atomic E-state index is 10.5. The topological polar surface area (TPSA) is 17.1 Å². The van der Waals surface area contributed by atoms with Gasteiger partial charge in [0.25, 0.3) is 0 Å². The van der Waals surface area contributed by atoms with Gasteiger partial charge >= 0.3 is 79.7 Å². The Morgan fingerprint density at radius 1 is 1.46 bits per heavy atom. The molecule has 0 aliphatic heterocycles. The third-order valence-electron chi connectivity index (χ3n) is 2.13. The third-order valence-corrected chi connectivity index (χ3v) is 2.13. The van der Waals surface area contributed by atoms with Crippen LogP contribution in [-0.4, -0.2) is 13.2 Å². The van der Waals surface area contributed by atoms with E-state index in [1.165, 1.54) is 5.46 Å². The Morgan fingerprint density at radius 3 is 2.69 bits per heavy atom. The van der Waals surface area contributed by atoms with Gasteiger partial charge in [-0.2, -0.15) is 0 Å². The summed E-state index contributed by atoms with van der Waals surface area (Å²) in [4.78, 5) is 10.5. The quantitative estimate of drug-likeness (QED) is 0.627. The zero-order valence-corrected chi connectivity index (χ0v) is 8.50. The number of carbonyl (C=O) groups is 1. The number of carbonyl (C=O) groups excluding carboxylic acids is 1. The van der Waals surface area contributed by atoms with E-state index in [9.17, 15) is 4.79 Å². The van der Waals surface area contributed by atoms with E-state index >= 15 is 0 Å². The molecule has 1 aromatic heterocycles. The van der Waals surface area contributed by atoms with Crippen molar-refractivity contribution < 1.29 is 4.79 Å². The van der Waals surface area contributed by atoms with Crippen molar-refractivity contribution in [1.29, 1.82) is 0 Å². The molecule has 68 valence electrons. The second-order valence-electron chi connectivity index (χ2n) is 4.28. The molecule has 0 bridgehead atoms. The molecule has 0 saturated heterocycles. The van der Waals surface area contributed by atoms with Gasteiger partial charge in [0.05, 0.1) is 0 Å². The van der Waals surface area contributed by atoms with Crippen LogP contribution in [0.15, 0.2) is 18.1 Å². The van der Waals surface area contributed by atoms with Gasteiger partial charge in [-0.25, -0.2) is 0 Å². The van der Waals surface area contributed by atoms with Crippen LogP contribution < -0.4 is 0 Å². The molecule has 0 amide bonds. The number of rotatable bonds is 2. The standard InChI is InChI=1S/C11H15BO/c1-11(2,3)10-9(6-8-13)5-4-7-12-10/h4-5,7-8H,6H2,1-3H3. The van der Waals surface area contributed by atoms with Crippen LogP contribution in [0.3, 0.4) is 0 Å². The molecule has 0 aromatic carbocycles. The summed E-state index contributed by atoms with van der Waals surface area (Å²) in [6.45, 7) is 8.59. The molecule has 2 heteroatoms. The van der Waals surface area contributed by atoms with Crippen molar-refractivity contribution in [3.63, 3.8) is 0 Å². The van der Waals surface area contributed by atoms with Crippen LogP contribution in [0.25, 0.3) is 0 Å². The molecule has 0 spiro atoms. The van der Waals surface area contributed by atoms with Crippen molar-refractivity contribution in [2.24, 2.45) is 0 Å². The van der Waals surface area contributed by atoms with Crippen molar-refractivity contribution in [3.05, 3.63) is 29.1 Å². The van der Waals surface area contributed by atoms with Crippen LogP contribution in [0.5, 0.6) is 0 Å². The van der Waals surface area contributed by atoms with Crippen LogP contribution >= 0.6 is 0 Å². The fourth-order valence-electron chi connectivity index (χ4n) is 1.52. The fourth-order valence-corrected chi connectivity index (χ4v) is 1.52. The molecule has 0 aliphatic carbocycles. The molecule has 0 aliphatic rings. The zero-order chi connectivity index (χ0) is 9.90. The zero-order valence-electron chi connectivity index (χ0n) is 8.50. The molecular formula is C11H15BO. The normalized spacial score (nSPS) is 11.0. The minimum absolute atomic E-state index is 0.125. The maximum atomic E-state index is 10.5. The molecule has 1 nitrogen and oxygen atoms in total. The molecule has 1 heterocycles. The fraction of sp³-hybridized carbons (Fsp3) is 0.455. The van der Waals surface area contributed by atoms with Crippen molar-refractivity contribution in [2.45, 2.75) is 32.6 Å². The van der Waals surface area contributed by atoms with E-state index in [2.05, 4.69) is 27.7 Å². The van der Waals surface area contributed by atoms with E-state index in [1.54, 1.807) is 0 Å². The van der Waals surface area contributed by atoms with Crippen LogP contribution in [0.2, 0.25) is 0 Å². The Morgan fingerprint density at radius 2 is 2.15 bits per heavy atom. The first-order valence-corrected chi connectivity index (χ1v) is 4.57. The SMILES string of the molecule is CC(C)(C)c1bcccc1CC=O. The minimum atomic E-state index is 0.125. The van der Waals surface area contributed by atoms with Gasteiger partial charge in [0, 0.05) is 0 Å². The third kappa shape index (κ3) is 2.51. The first kappa shape index (κ1) is 10.2. The van der Waals surface area contributed by atoms with Crippen molar-refractivity contribution in [1.82, 2.24) is 0 Å². The van der Waals surface area contributed by atoms with Crippen LogP contribution in [0, 0.1) is 0 Å². The van der Waals surface area contributed by atoms with E-state index < -0.39 is 0 Å². The summed E-state index contributed by atoms with van der Waals surface area (Å²) in [5, 5.41) is 0. The summed E-state index contributed by atoms with van der Waals surface area (Å²) in [5.41, 5.74) is 2.53. The number of hydrogen-bond acceptors (Lipinski definition) is 1. The van der Waals surface area contributed by atoms with Crippen LogP contribution in [0.1, 0.15) is 31.8 Å². The molecule has 0 N–H and O–H groups in total. The molecule has 0 saturated carbocycles. The van der Waals surface area contributed by atoms with Gasteiger partial charge in [-0.1, -0.05) is 0 Å².